The van der Waals surface area contributed by atoms with Gasteiger partial charge in [-0.15, -0.1) is 0 Å². The summed E-state index contributed by atoms with van der Waals surface area (Å²) in [6.45, 7) is 2.67. The van der Waals surface area contributed by atoms with Gasteiger partial charge in [0.1, 0.15) is 0 Å². The number of aryl methyl sites for hydroxylation is 1. The van der Waals surface area contributed by atoms with Crippen molar-refractivity contribution < 1.29 is 9.90 Å². The summed E-state index contributed by atoms with van der Waals surface area (Å²) < 4.78 is 2.09. The molecule has 0 aliphatic rings. The predicted octanol–water partition coefficient (Wildman–Crippen LogP) is 5.19. The number of aliphatic hydroxyl groups is 1. The van der Waals surface area contributed by atoms with E-state index in [4.69, 9.17) is 0 Å². The fourth-order valence-electron chi connectivity index (χ4n) is 3.67. The molecule has 1 heterocycles. The van der Waals surface area contributed by atoms with E-state index in [0.717, 1.165) is 33.7 Å². The summed E-state index contributed by atoms with van der Waals surface area (Å²) in [4.78, 5) is 13.4. The van der Waals surface area contributed by atoms with Crippen molar-refractivity contribution in [3.63, 3.8) is 0 Å². The van der Waals surface area contributed by atoms with Crippen LogP contribution in [0.25, 0.3) is 21.7 Å². The second-order valence-electron chi connectivity index (χ2n) is 6.96. The quantitative estimate of drug-likeness (QED) is 0.483. The van der Waals surface area contributed by atoms with E-state index < -0.39 is 0 Å². The Morgan fingerprint density at radius 3 is 2.44 bits per heavy atom. The SMILES string of the molecule is CCC(O)CCn1cc(C(=O)c2cccc3ccccc23)c2ccccc21. The number of ketones is 1. The van der Waals surface area contributed by atoms with Gasteiger partial charge >= 0.3 is 0 Å². The van der Waals surface area contributed by atoms with Crippen LogP contribution in [0.5, 0.6) is 0 Å². The van der Waals surface area contributed by atoms with Crippen LogP contribution in [-0.4, -0.2) is 21.6 Å². The molecule has 0 amide bonds. The normalized spacial score (nSPS) is 12.5. The Labute approximate surface area is 158 Å². The number of carbonyl (C=O) groups excluding carboxylic acids is 1. The molecule has 3 aromatic carbocycles. The third kappa shape index (κ3) is 3.26. The molecular formula is C24H23NO2. The second-order valence-corrected chi connectivity index (χ2v) is 6.96. The highest BCUT2D eigenvalue weighted by Crippen LogP contribution is 2.27. The molecular weight excluding hydrogens is 334 g/mol. The molecule has 0 saturated heterocycles. The van der Waals surface area contributed by atoms with Crippen LogP contribution in [0.3, 0.4) is 0 Å². The summed E-state index contributed by atoms with van der Waals surface area (Å²) >= 11 is 0. The molecule has 3 nitrogen and oxygen atoms in total. The van der Waals surface area contributed by atoms with E-state index in [0.29, 0.717) is 18.5 Å². The molecule has 0 aliphatic carbocycles. The minimum Gasteiger partial charge on any atom is -0.393 e. The van der Waals surface area contributed by atoms with Crippen molar-refractivity contribution in [1.82, 2.24) is 4.57 Å². The summed E-state index contributed by atoms with van der Waals surface area (Å²) in [5, 5.41) is 12.9. The Morgan fingerprint density at radius 2 is 1.63 bits per heavy atom. The van der Waals surface area contributed by atoms with Gasteiger partial charge in [0.05, 0.1) is 6.10 Å². The van der Waals surface area contributed by atoms with Crippen molar-refractivity contribution in [1.29, 1.82) is 0 Å². The minimum absolute atomic E-state index is 0.0396. The first-order chi connectivity index (χ1) is 13.2. The Hall–Kier alpha value is -2.91. The van der Waals surface area contributed by atoms with E-state index in [-0.39, 0.29) is 11.9 Å². The third-order valence-corrected chi connectivity index (χ3v) is 5.24. The van der Waals surface area contributed by atoms with Gasteiger partial charge in [0.2, 0.25) is 0 Å². The number of hydrogen-bond donors (Lipinski definition) is 1. The van der Waals surface area contributed by atoms with Gasteiger partial charge in [0.15, 0.2) is 5.78 Å². The molecule has 0 radical (unpaired) electrons. The summed E-state index contributed by atoms with van der Waals surface area (Å²) in [6.07, 6.45) is 3.04. The van der Waals surface area contributed by atoms with Crippen LogP contribution in [0.15, 0.2) is 72.9 Å². The van der Waals surface area contributed by atoms with E-state index >= 15 is 0 Å². The molecule has 4 aromatic rings. The van der Waals surface area contributed by atoms with Gasteiger partial charge in [-0.1, -0.05) is 67.6 Å². The summed E-state index contributed by atoms with van der Waals surface area (Å²) in [7, 11) is 0. The minimum atomic E-state index is -0.316. The van der Waals surface area contributed by atoms with Crippen LogP contribution in [0.1, 0.15) is 35.7 Å². The first-order valence-corrected chi connectivity index (χ1v) is 9.47. The number of rotatable bonds is 6. The van der Waals surface area contributed by atoms with Crippen LogP contribution in [0.2, 0.25) is 0 Å². The topological polar surface area (TPSA) is 42.2 Å². The number of benzene rings is 3. The molecule has 0 saturated carbocycles. The van der Waals surface area contributed by atoms with Gasteiger partial charge in [-0.05, 0) is 29.7 Å². The number of aromatic nitrogens is 1. The third-order valence-electron chi connectivity index (χ3n) is 5.24. The monoisotopic (exact) mass is 357 g/mol. The van der Waals surface area contributed by atoms with Gasteiger partial charge in [0.25, 0.3) is 0 Å². The highest BCUT2D eigenvalue weighted by molar-refractivity contribution is 6.21. The van der Waals surface area contributed by atoms with Gasteiger partial charge in [0, 0.05) is 34.8 Å². The summed E-state index contributed by atoms with van der Waals surface area (Å²) in [6, 6.07) is 21.8. The molecule has 1 unspecified atom stereocenters. The number of para-hydroxylation sites is 1. The number of carbonyl (C=O) groups is 1. The lowest BCUT2D eigenvalue weighted by molar-refractivity contribution is 0.104. The predicted molar refractivity (Wildman–Crippen MR) is 110 cm³/mol. The number of fused-ring (bicyclic) bond motifs is 2. The van der Waals surface area contributed by atoms with Gasteiger partial charge in [-0.3, -0.25) is 4.79 Å². The zero-order valence-electron chi connectivity index (χ0n) is 15.4. The molecule has 1 N–H and O–H groups in total. The zero-order chi connectivity index (χ0) is 18.8. The van der Waals surface area contributed by atoms with Crippen LogP contribution >= 0.6 is 0 Å². The lowest BCUT2D eigenvalue weighted by Gasteiger charge is -2.09. The average Bonchev–Trinajstić information content (AvgIpc) is 3.10. The first-order valence-electron chi connectivity index (χ1n) is 9.47. The maximum Gasteiger partial charge on any atom is 0.195 e. The average molecular weight is 357 g/mol. The Morgan fingerprint density at radius 1 is 0.926 bits per heavy atom. The highest BCUT2D eigenvalue weighted by atomic mass is 16.3. The van der Waals surface area contributed by atoms with E-state index in [1.807, 2.05) is 79.9 Å². The largest absolute Gasteiger partial charge is 0.393 e. The van der Waals surface area contributed by atoms with Crippen molar-refractivity contribution >= 4 is 27.5 Å². The number of nitrogens with zero attached hydrogens (tertiary/aromatic N) is 1. The number of hydrogen-bond acceptors (Lipinski definition) is 2. The summed E-state index contributed by atoms with van der Waals surface area (Å²) in [5.41, 5.74) is 2.47. The lowest BCUT2D eigenvalue weighted by Crippen LogP contribution is -2.09. The molecule has 0 aliphatic heterocycles. The van der Waals surface area contributed by atoms with Crippen molar-refractivity contribution in [2.75, 3.05) is 0 Å². The molecule has 0 spiro atoms. The van der Waals surface area contributed by atoms with Crippen LogP contribution in [0.4, 0.5) is 0 Å². The van der Waals surface area contributed by atoms with E-state index in [2.05, 4.69) is 4.57 Å². The number of aliphatic hydroxyl groups excluding tert-OH is 1. The lowest BCUT2D eigenvalue weighted by atomic mass is 9.97. The smallest absolute Gasteiger partial charge is 0.195 e. The molecule has 27 heavy (non-hydrogen) atoms. The maximum absolute atomic E-state index is 13.4. The first kappa shape index (κ1) is 17.5. The Bertz CT molecular complexity index is 1100. The zero-order valence-corrected chi connectivity index (χ0v) is 15.4. The summed E-state index contributed by atoms with van der Waals surface area (Å²) in [5.74, 6) is 0.0396. The molecule has 3 heteroatoms. The fourth-order valence-corrected chi connectivity index (χ4v) is 3.67. The molecule has 0 bridgehead atoms. The van der Waals surface area contributed by atoms with Crippen molar-refractivity contribution in [2.24, 2.45) is 0 Å². The molecule has 136 valence electrons. The molecule has 1 atom stereocenters. The highest BCUT2D eigenvalue weighted by Gasteiger charge is 2.18. The molecule has 0 fully saturated rings. The van der Waals surface area contributed by atoms with Crippen molar-refractivity contribution in [3.05, 3.63) is 84.1 Å². The Balaban J connectivity index is 1.80. The maximum atomic E-state index is 13.4. The van der Waals surface area contributed by atoms with Crippen LogP contribution in [-0.2, 0) is 6.54 Å². The van der Waals surface area contributed by atoms with Gasteiger partial charge < -0.3 is 9.67 Å². The van der Waals surface area contributed by atoms with Crippen molar-refractivity contribution in [3.8, 4) is 0 Å². The van der Waals surface area contributed by atoms with Crippen LogP contribution < -0.4 is 0 Å². The molecule has 1 aromatic heterocycles. The Kier molecular flexibility index (Phi) is 4.78. The fraction of sp³-hybridized carbons (Fsp3) is 0.208. The standard InChI is InChI=1S/C24H23NO2/c1-2-18(26)14-15-25-16-22(20-11-5-6-13-23(20)25)24(27)21-12-7-9-17-8-3-4-10-19(17)21/h3-13,16,18,26H,2,14-15H2,1H3. The van der Waals surface area contributed by atoms with Crippen molar-refractivity contribution in [2.45, 2.75) is 32.4 Å². The van der Waals surface area contributed by atoms with E-state index in [1.54, 1.807) is 0 Å². The van der Waals surface area contributed by atoms with E-state index in [1.165, 1.54) is 0 Å². The molecule has 4 rings (SSSR count). The van der Waals surface area contributed by atoms with Gasteiger partial charge in [-0.2, -0.15) is 0 Å². The van der Waals surface area contributed by atoms with E-state index in [9.17, 15) is 9.90 Å². The second kappa shape index (κ2) is 7.37. The van der Waals surface area contributed by atoms with Gasteiger partial charge in [-0.25, -0.2) is 0 Å². The van der Waals surface area contributed by atoms with Crippen LogP contribution in [0, 0.1) is 0 Å².